The Labute approximate surface area is 140 Å². The van der Waals surface area contributed by atoms with Crippen LogP contribution in [-0.4, -0.2) is 28.1 Å². The van der Waals surface area contributed by atoms with E-state index in [2.05, 4.69) is 21.2 Å². The van der Waals surface area contributed by atoms with Gasteiger partial charge in [0.2, 0.25) is 5.91 Å². The number of fused-ring (bicyclic) bond motifs is 2. The molecule has 0 heterocycles. The number of aliphatic carboxylic acids is 1. The molecular formula is C16H14BrNO5. The molecule has 2 aliphatic rings. The Morgan fingerprint density at radius 3 is 2.35 bits per heavy atom. The highest BCUT2D eigenvalue weighted by Crippen LogP contribution is 2.48. The SMILES string of the molecule is O=C(O)c1ccc(Br)c(NC(=O)[C@@H]2[C@@H](C(=O)O)[C@H]3C=C[C@@H]2C3)c1. The number of hydrogen-bond acceptors (Lipinski definition) is 3. The summed E-state index contributed by atoms with van der Waals surface area (Å²) in [4.78, 5) is 35.1. The molecule has 2 bridgehead atoms. The maximum atomic E-state index is 12.6. The predicted molar refractivity (Wildman–Crippen MR) is 85.1 cm³/mol. The molecule has 6 nitrogen and oxygen atoms in total. The molecule has 0 unspecified atom stereocenters. The molecule has 1 amide bonds. The number of carbonyl (C=O) groups excluding carboxylic acids is 1. The van der Waals surface area contributed by atoms with Crippen molar-refractivity contribution in [1.29, 1.82) is 0 Å². The number of carboxylic acid groups (broad SMARTS) is 2. The van der Waals surface area contributed by atoms with Crippen molar-refractivity contribution in [2.45, 2.75) is 6.42 Å². The van der Waals surface area contributed by atoms with Crippen LogP contribution in [-0.2, 0) is 9.59 Å². The number of amides is 1. The van der Waals surface area contributed by atoms with Gasteiger partial charge >= 0.3 is 11.9 Å². The van der Waals surface area contributed by atoms with Crippen LogP contribution in [0.1, 0.15) is 16.8 Å². The Morgan fingerprint density at radius 2 is 1.74 bits per heavy atom. The zero-order valence-corrected chi connectivity index (χ0v) is 13.5. The Kier molecular flexibility index (Phi) is 3.97. The van der Waals surface area contributed by atoms with Crippen LogP contribution in [0.2, 0.25) is 0 Å². The molecule has 2 aliphatic carbocycles. The molecule has 1 aromatic rings. The molecule has 23 heavy (non-hydrogen) atoms. The Morgan fingerprint density at radius 1 is 1.09 bits per heavy atom. The fraction of sp³-hybridized carbons (Fsp3) is 0.312. The van der Waals surface area contributed by atoms with Crippen molar-refractivity contribution in [1.82, 2.24) is 0 Å². The second kappa shape index (κ2) is 5.81. The summed E-state index contributed by atoms with van der Waals surface area (Å²) in [7, 11) is 0. The lowest BCUT2D eigenvalue weighted by molar-refractivity contribution is -0.146. The van der Waals surface area contributed by atoms with Crippen molar-refractivity contribution in [3.63, 3.8) is 0 Å². The minimum Gasteiger partial charge on any atom is -0.481 e. The smallest absolute Gasteiger partial charge is 0.335 e. The van der Waals surface area contributed by atoms with Crippen LogP contribution in [0.4, 0.5) is 5.69 Å². The number of allylic oxidation sites excluding steroid dienone is 2. The van der Waals surface area contributed by atoms with Gasteiger partial charge in [0.25, 0.3) is 0 Å². The van der Waals surface area contributed by atoms with Gasteiger partial charge in [-0.25, -0.2) is 4.79 Å². The lowest BCUT2D eigenvalue weighted by atomic mass is 9.82. The third kappa shape index (κ3) is 2.76. The molecule has 4 atom stereocenters. The summed E-state index contributed by atoms with van der Waals surface area (Å²) in [5.74, 6) is -4.02. The van der Waals surface area contributed by atoms with Crippen molar-refractivity contribution >= 4 is 39.5 Å². The summed E-state index contributed by atoms with van der Waals surface area (Å²) < 4.78 is 0.543. The van der Waals surface area contributed by atoms with Crippen LogP contribution in [0.15, 0.2) is 34.8 Å². The van der Waals surface area contributed by atoms with Crippen LogP contribution in [0.3, 0.4) is 0 Å². The number of hydrogen-bond donors (Lipinski definition) is 3. The zero-order valence-electron chi connectivity index (χ0n) is 11.9. The van der Waals surface area contributed by atoms with E-state index in [0.29, 0.717) is 16.6 Å². The molecular weight excluding hydrogens is 366 g/mol. The van der Waals surface area contributed by atoms with Gasteiger partial charge in [0.05, 0.1) is 23.1 Å². The number of anilines is 1. The van der Waals surface area contributed by atoms with Crippen molar-refractivity contribution in [3.8, 4) is 0 Å². The molecule has 0 aromatic heterocycles. The fourth-order valence-corrected chi connectivity index (χ4v) is 3.83. The summed E-state index contributed by atoms with van der Waals surface area (Å²) in [6, 6.07) is 4.31. The highest BCUT2D eigenvalue weighted by molar-refractivity contribution is 9.10. The summed E-state index contributed by atoms with van der Waals surface area (Å²) in [5.41, 5.74) is 0.372. The second-order valence-electron chi connectivity index (χ2n) is 5.83. The van der Waals surface area contributed by atoms with Gasteiger partial charge in [-0.15, -0.1) is 0 Å². The summed E-state index contributed by atoms with van der Waals surface area (Å²) in [5, 5.41) is 21.1. The average Bonchev–Trinajstić information content (AvgIpc) is 3.09. The van der Waals surface area contributed by atoms with E-state index in [1.807, 2.05) is 12.2 Å². The van der Waals surface area contributed by atoms with Crippen LogP contribution in [0.5, 0.6) is 0 Å². The van der Waals surface area contributed by atoms with Crippen molar-refractivity contribution in [2.75, 3.05) is 5.32 Å². The van der Waals surface area contributed by atoms with Crippen LogP contribution >= 0.6 is 15.9 Å². The largest absolute Gasteiger partial charge is 0.481 e. The monoisotopic (exact) mass is 379 g/mol. The lowest BCUT2D eigenvalue weighted by Crippen LogP contribution is -2.36. The minimum absolute atomic E-state index is 0.0473. The Hall–Kier alpha value is -2.15. The molecule has 0 spiro atoms. The third-order valence-corrected chi connectivity index (χ3v) is 5.21. The van der Waals surface area contributed by atoms with E-state index in [1.165, 1.54) is 18.2 Å². The lowest BCUT2D eigenvalue weighted by Gasteiger charge is -2.24. The van der Waals surface area contributed by atoms with Crippen molar-refractivity contribution in [2.24, 2.45) is 23.7 Å². The fourth-order valence-electron chi connectivity index (χ4n) is 3.49. The number of carboxylic acids is 2. The molecule has 3 N–H and O–H groups in total. The van der Waals surface area contributed by atoms with Crippen LogP contribution < -0.4 is 5.32 Å². The zero-order chi connectivity index (χ0) is 16.7. The van der Waals surface area contributed by atoms with Gasteiger partial charge in [-0.1, -0.05) is 12.2 Å². The van der Waals surface area contributed by atoms with Gasteiger partial charge in [0.1, 0.15) is 0 Å². The first-order chi connectivity index (χ1) is 10.9. The third-order valence-electron chi connectivity index (χ3n) is 4.52. The van der Waals surface area contributed by atoms with E-state index in [-0.39, 0.29) is 17.4 Å². The molecule has 120 valence electrons. The molecule has 0 radical (unpaired) electrons. The highest BCUT2D eigenvalue weighted by atomic mass is 79.9. The number of rotatable bonds is 4. The topological polar surface area (TPSA) is 104 Å². The minimum atomic E-state index is -1.10. The quantitative estimate of drug-likeness (QED) is 0.697. The molecule has 0 aliphatic heterocycles. The van der Waals surface area contributed by atoms with Crippen LogP contribution in [0, 0.1) is 23.7 Å². The summed E-state index contributed by atoms with van der Waals surface area (Å²) >= 11 is 3.26. The number of benzene rings is 1. The van der Waals surface area contributed by atoms with Crippen LogP contribution in [0.25, 0.3) is 0 Å². The van der Waals surface area contributed by atoms with Gasteiger partial charge in [-0.05, 0) is 52.4 Å². The molecule has 3 rings (SSSR count). The summed E-state index contributed by atoms with van der Waals surface area (Å²) in [6.07, 6.45) is 4.44. The van der Waals surface area contributed by atoms with E-state index < -0.39 is 29.7 Å². The van der Waals surface area contributed by atoms with Gasteiger partial charge in [0.15, 0.2) is 0 Å². The predicted octanol–water partition coefficient (Wildman–Crippen LogP) is 2.61. The van der Waals surface area contributed by atoms with Crippen molar-refractivity contribution in [3.05, 3.63) is 40.4 Å². The number of halogens is 1. The van der Waals surface area contributed by atoms with E-state index >= 15 is 0 Å². The van der Waals surface area contributed by atoms with Gasteiger partial charge in [-0.2, -0.15) is 0 Å². The average molecular weight is 380 g/mol. The van der Waals surface area contributed by atoms with Crippen molar-refractivity contribution < 1.29 is 24.6 Å². The maximum Gasteiger partial charge on any atom is 0.335 e. The van der Waals surface area contributed by atoms with Gasteiger partial charge in [-0.3, -0.25) is 9.59 Å². The number of carbonyl (C=O) groups is 3. The number of aromatic carboxylic acids is 1. The first kappa shape index (κ1) is 15.7. The van der Waals surface area contributed by atoms with E-state index in [1.54, 1.807) is 0 Å². The van der Waals surface area contributed by atoms with Gasteiger partial charge < -0.3 is 15.5 Å². The molecule has 7 heteroatoms. The molecule has 1 fully saturated rings. The maximum absolute atomic E-state index is 12.6. The standard InChI is InChI=1S/C16H14BrNO5/c17-10-4-3-9(15(20)21)6-11(10)18-14(19)12-7-1-2-8(5-7)13(12)16(22)23/h1-4,6-8,12-13H,5H2,(H,18,19)(H,20,21)(H,22,23)/t7-,8+,12+,13+/m1/s1. The van der Waals surface area contributed by atoms with E-state index in [4.69, 9.17) is 5.11 Å². The molecule has 1 saturated carbocycles. The molecule has 1 aromatic carbocycles. The Balaban J connectivity index is 1.85. The second-order valence-corrected chi connectivity index (χ2v) is 6.68. The summed E-state index contributed by atoms with van der Waals surface area (Å²) in [6.45, 7) is 0. The Bertz CT molecular complexity index is 729. The van der Waals surface area contributed by atoms with E-state index in [9.17, 15) is 19.5 Å². The molecule has 0 saturated heterocycles. The highest BCUT2D eigenvalue weighted by Gasteiger charge is 2.51. The normalized spacial score (nSPS) is 27.9. The van der Waals surface area contributed by atoms with E-state index in [0.717, 1.165) is 0 Å². The number of nitrogens with one attached hydrogen (secondary N) is 1. The first-order valence-electron chi connectivity index (χ1n) is 7.13. The van der Waals surface area contributed by atoms with Gasteiger partial charge in [0, 0.05) is 4.47 Å². The first-order valence-corrected chi connectivity index (χ1v) is 7.92.